The molecule has 0 aliphatic rings. The molecule has 0 fully saturated rings. The number of aliphatic hydroxyl groups is 1. The highest BCUT2D eigenvalue weighted by Crippen LogP contribution is 2.12. The summed E-state index contributed by atoms with van der Waals surface area (Å²) in [6, 6.07) is -6.19. The molecule has 9 N–H and O–H groups in total. The average Bonchev–Trinajstić information content (AvgIpc) is 2.83. The Balaban J connectivity index is 5.71. The normalized spacial score (nSPS) is 16.7. The highest BCUT2D eigenvalue weighted by molar-refractivity contribution is 5.95. The second kappa shape index (κ2) is 16.6. The maximum atomic E-state index is 13.2. The quantitative estimate of drug-likeness (QED) is 0.107. The Bertz CT molecular complexity index is 878. The minimum atomic E-state index is -1.50. The third-order valence-corrected chi connectivity index (χ3v) is 6.34. The summed E-state index contributed by atoms with van der Waals surface area (Å²) < 4.78 is 0. The predicted molar refractivity (Wildman–Crippen MR) is 141 cm³/mol. The smallest absolute Gasteiger partial charge is 0.326 e. The number of aliphatic carboxylic acids is 2. The maximum absolute atomic E-state index is 13.2. The first-order chi connectivity index (χ1) is 17.9. The van der Waals surface area contributed by atoms with Gasteiger partial charge in [-0.2, -0.15) is 0 Å². The Labute approximate surface area is 228 Å². The van der Waals surface area contributed by atoms with Crippen molar-refractivity contribution in [3.05, 3.63) is 0 Å². The van der Waals surface area contributed by atoms with Gasteiger partial charge in [-0.1, -0.05) is 48.0 Å². The van der Waals surface area contributed by atoms with E-state index in [1.165, 1.54) is 6.92 Å². The zero-order chi connectivity index (χ0) is 30.6. The van der Waals surface area contributed by atoms with Crippen molar-refractivity contribution in [2.24, 2.45) is 23.5 Å². The predicted octanol–water partition coefficient (Wildman–Crippen LogP) is -1.06. The lowest BCUT2D eigenvalue weighted by Crippen LogP contribution is -2.62. The summed E-state index contributed by atoms with van der Waals surface area (Å²) in [5.41, 5.74) is 5.68. The molecule has 0 heterocycles. The molecule has 224 valence electrons. The van der Waals surface area contributed by atoms with Crippen LogP contribution in [-0.4, -0.2) is 87.2 Å². The van der Waals surface area contributed by atoms with E-state index in [2.05, 4.69) is 21.3 Å². The van der Waals surface area contributed by atoms with Gasteiger partial charge >= 0.3 is 11.9 Å². The highest BCUT2D eigenvalue weighted by Gasteiger charge is 2.36. The molecule has 4 amide bonds. The molecular weight excluding hydrogens is 514 g/mol. The Morgan fingerprint density at radius 2 is 1.08 bits per heavy atom. The van der Waals surface area contributed by atoms with E-state index >= 15 is 0 Å². The number of amides is 4. The Kier molecular flexibility index (Phi) is 15.3. The van der Waals surface area contributed by atoms with Crippen LogP contribution in [0.15, 0.2) is 0 Å². The minimum absolute atomic E-state index is 0.190. The first kappa shape index (κ1) is 35.7. The molecular formula is C25H45N5O9. The molecule has 0 rings (SSSR count). The molecule has 0 aliphatic heterocycles. The minimum Gasteiger partial charge on any atom is -0.481 e. The summed E-state index contributed by atoms with van der Waals surface area (Å²) in [6.45, 7) is 11.3. The van der Waals surface area contributed by atoms with Crippen LogP contribution in [0.5, 0.6) is 0 Å². The van der Waals surface area contributed by atoms with Gasteiger partial charge in [-0.05, 0) is 31.1 Å². The van der Waals surface area contributed by atoms with E-state index in [0.717, 1.165) is 0 Å². The van der Waals surface area contributed by atoms with E-state index in [4.69, 9.17) is 10.8 Å². The lowest BCUT2D eigenvalue weighted by molar-refractivity contribution is -0.144. The second-order valence-corrected chi connectivity index (χ2v) is 10.4. The van der Waals surface area contributed by atoms with Crippen LogP contribution in [0.3, 0.4) is 0 Å². The fourth-order valence-electron chi connectivity index (χ4n) is 3.56. The standard InChI is InChI=1S/C25H45N5O9/c1-8-13(6)19(23(36)28-18(12(4)5)25(38)39)29-22(35)17(11(2)3)27-24(37)20(14(7)31)30-21(34)15(26)9-10-16(32)33/h11-15,17-20,31H,8-10,26H2,1-7H3,(H,27,37)(H,28,36)(H,29,35)(H,30,34)(H,32,33)(H,38,39)/t13-,14+,15-,17-,18-,19-,20-/m0/s1. The summed E-state index contributed by atoms with van der Waals surface area (Å²) in [4.78, 5) is 73.8. The van der Waals surface area contributed by atoms with Gasteiger partial charge in [0.2, 0.25) is 23.6 Å². The van der Waals surface area contributed by atoms with Gasteiger partial charge in [0, 0.05) is 6.42 Å². The van der Waals surface area contributed by atoms with Gasteiger partial charge in [-0.15, -0.1) is 0 Å². The third kappa shape index (κ3) is 12.0. The molecule has 0 radical (unpaired) electrons. The lowest BCUT2D eigenvalue weighted by atomic mass is 9.95. The molecule has 0 unspecified atom stereocenters. The maximum Gasteiger partial charge on any atom is 0.326 e. The van der Waals surface area contributed by atoms with E-state index in [1.807, 2.05) is 0 Å². The molecule has 14 heteroatoms. The summed E-state index contributed by atoms with van der Waals surface area (Å²) in [7, 11) is 0. The summed E-state index contributed by atoms with van der Waals surface area (Å²) in [5, 5.41) is 38.1. The number of hydrogen-bond acceptors (Lipinski definition) is 8. The second-order valence-electron chi connectivity index (χ2n) is 10.4. The van der Waals surface area contributed by atoms with Crippen molar-refractivity contribution in [2.75, 3.05) is 0 Å². The van der Waals surface area contributed by atoms with Gasteiger partial charge in [-0.25, -0.2) is 4.79 Å². The number of carbonyl (C=O) groups excluding carboxylic acids is 4. The molecule has 14 nitrogen and oxygen atoms in total. The van der Waals surface area contributed by atoms with Gasteiger partial charge in [0.05, 0.1) is 12.1 Å². The molecule has 0 aromatic heterocycles. The van der Waals surface area contributed by atoms with Crippen LogP contribution in [0, 0.1) is 17.8 Å². The first-order valence-corrected chi connectivity index (χ1v) is 13.0. The van der Waals surface area contributed by atoms with E-state index in [0.29, 0.717) is 6.42 Å². The van der Waals surface area contributed by atoms with E-state index in [-0.39, 0.29) is 18.8 Å². The molecule has 0 aromatic carbocycles. The SMILES string of the molecule is CC[C@H](C)[C@H](NC(=O)[C@@H](NC(=O)[C@@H](NC(=O)[C@@H](N)CCC(=O)O)[C@@H](C)O)C(C)C)C(=O)N[C@H](C(=O)O)C(C)C. The van der Waals surface area contributed by atoms with Crippen molar-refractivity contribution in [3.63, 3.8) is 0 Å². The van der Waals surface area contributed by atoms with Crippen LogP contribution in [0.25, 0.3) is 0 Å². The number of carboxylic acids is 2. The molecule has 0 saturated heterocycles. The fourth-order valence-corrected chi connectivity index (χ4v) is 3.56. The van der Waals surface area contributed by atoms with Gasteiger partial charge < -0.3 is 42.3 Å². The molecule has 0 aromatic rings. The van der Waals surface area contributed by atoms with Crippen LogP contribution in [0.2, 0.25) is 0 Å². The summed E-state index contributed by atoms with van der Waals surface area (Å²) in [6.07, 6.45) is -1.47. The van der Waals surface area contributed by atoms with Crippen LogP contribution >= 0.6 is 0 Å². The summed E-state index contributed by atoms with van der Waals surface area (Å²) in [5.74, 6) is -6.79. The van der Waals surface area contributed by atoms with Gasteiger partial charge in [0.15, 0.2) is 0 Å². The number of carbonyl (C=O) groups is 6. The molecule has 0 spiro atoms. The Morgan fingerprint density at radius 1 is 0.667 bits per heavy atom. The van der Waals surface area contributed by atoms with E-state index in [9.17, 15) is 39.0 Å². The van der Waals surface area contributed by atoms with Crippen LogP contribution in [0.1, 0.15) is 67.7 Å². The Morgan fingerprint density at radius 3 is 1.49 bits per heavy atom. The van der Waals surface area contributed by atoms with Crippen LogP contribution < -0.4 is 27.0 Å². The van der Waals surface area contributed by atoms with E-state index in [1.54, 1.807) is 41.5 Å². The van der Waals surface area contributed by atoms with Crippen molar-refractivity contribution in [1.82, 2.24) is 21.3 Å². The first-order valence-electron chi connectivity index (χ1n) is 13.0. The number of aliphatic hydroxyl groups excluding tert-OH is 1. The fraction of sp³-hybridized carbons (Fsp3) is 0.760. The zero-order valence-corrected chi connectivity index (χ0v) is 23.7. The lowest BCUT2D eigenvalue weighted by Gasteiger charge is -2.30. The van der Waals surface area contributed by atoms with Crippen molar-refractivity contribution < 1.29 is 44.1 Å². The van der Waals surface area contributed by atoms with Crippen LogP contribution in [0.4, 0.5) is 0 Å². The number of rotatable bonds is 17. The number of nitrogens with one attached hydrogen (secondary N) is 4. The number of nitrogens with two attached hydrogens (primary N) is 1. The van der Waals surface area contributed by atoms with Crippen molar-refractivity contribution in [3.8, 4) is 0 Å². The van der Waals surface area contributed by atoms with Crippen molar-refractivity contribution >= 4 is 35.6 Å². The topological polar surface area (TPSA) is 237 Å². The van der Waals surface area contributed by atoms with Gasteiger partial charge in [0.25, 0.3) is 0 Å². The summed E-state index contributed by atoms with van der Waals surface area (Å²) >= 11 is 0. The highest BCUT2D eigenvalue weighted by atomic mass is 16.4. The molecule has 7 atom stereocenters. The molecule has 0 aliphatic carbocycles. The van der Waals surface area contributed by atoms with Crippen LogP contribution in [-0.2, 0) is 28.8 Å². The molecule has 0 saturated carbocycles. The van der Waals surface area contributed by atoms with Gasteiger partial charge in [-0.3, -0.25) is 24.0 Å². The van der Waals surface area contributed by atoms with Gasteiger partial charge in [0.1, 0.15) is 24.2 Å². The van der Waals surface area contributed by atoms with Crippen molar-refractivity contribution in [1.29, 1.82) is 0 Å². The average molecular weight is 560 g/mol. The largest absolute Gasteiger partial charge is 0.481 e. The van der Waals surface area contributed by atoms with E-state index < -0.39 is 83.7 Å². The Hall–Kier alpha value is -3.26. The third-order valence-electron chi connectivity index (χ3n) is 6.34. The number of hydrogen-bond donors (Lipinski definition) is 8. The molecule has 39 heavy (non-hydrogen) atoms. The molecule has 0 bridgehead atoms. The monoisotopic (exact) mass is 559 g/mol. The zero-order valence-electron chi connectivity index (χ0n) is 23.7. The van der Waals surface area contributed by atoms with Crippen molar-refractivity contribution in [2.45, 2.75) is 104 Å². The number of carboxylic acid groups (broad SMARTS) is 2.